The van der Waals surface area contributed by atoms with E-state index in [1.165, 1.54) is 22.3 Å². The second-order valence-electron chi connectivity index (χ2n) is 5.85. The van der Waals surface area contributed by atoms with E-state index in [0.29, 0.717) is 0 Å². The Morgan fingerprint density at radius 2 is 1.58 bits per heavy atom. The molecule has 1 aromatic rings. The van der Waals surface area contributed by atoms with Crippen molar-refractivity contribution in [2.75, 3.05) is 13.2 Å². The fourth-order valence-electron chi connectivity index (χ4n) is 2.72. The largest absolute Gasteiger partial charge is 0.396 e. The van der Waals surface area contributed by atoms with E-state index in [1.807, 2.05) is 0 Å². The van der Waals surface area contributed by atoms with Gasteiger partial charge in [-0.1, -0.05) is 31.5 Å². The van der Waals surface area contributed by atoms with Gasteiger partial charge < -0.3 is 10.4 Å². The highest BCUT2D eigenvalue weighted by Crippen LogP contribution is 2.25. The van der Waals surface area contributed by atoms with Gasteiger partial charge in [-0.05, 0) is 50.3 Å². The lowest BCUT2D eigenvalue weighted by molar-refractivity contribution is 0.113. The Morgan fingerprint density at radius 1 is 1.05 bits per heavy atom. The van der Waals surface area contributed by atoms with Crippen LogP contribution in [0.25, 0.3) is 0 Å². The number of nitrogens with one attached hydrogen (secondary N) is 1. The summed E-state index contributed by atoms with van der Waals surface area (Å²) < 4.78 is 0. The molecule has 0 saturated heterocycles. The second-order valence-corrected chi connectivity index (χ2v) is 5.85. The maximum absolute atomic E-state index is 9.58. The molecule has 0 amide bonds. The van der Waals surface area contributed by atoms with Crippen molar-refractivity contribution in [1.29, 1.82) is 0 Å². The van der Waals surface area contributed by atoms with Crippen LogP contribution in [-0.2, 0) is 6.54 Å². The van der Waals surface area contributed by atoms with Crippen molar-refractivity contribution >= 4 is 0 Å². The topological polar surface area (TPSA) is 32.3 Å². The Hall–Kier alpha value is -0.860. The van der Waals surface area contributed by atoms with Crippen LogP contribution in [-0.4, -0.2) is 18.3 Å². The molecule has 0 bridgehead atoms. The summed E-state index contributed by atoms with van der Waals surface area (Å²) in [5, 5.41) is 13.1. The molecule has 0 saturated carbocycles. The number of hydrogen-bond acceptors (Lipinski definition) is 2. The van der Waals surface area contributed by atoms with E-state index >= 15 is 0 Å². The summed E-state index contributed by atoms with van der Waals surface area (Å²) in [7, 11) is 0. The minimum absolute atomic E-state index is 0.0342. The number of aryl methyl sites for hydroxylation is 3. The van der Waals surface area contributed by atoms with Crippen molar-refractivity contribution in [1.82, 2.24) is 5.32 Å². The Labute approximate surface area is 118 Å². The molecule has 0 fully saturated rings. The molecule has 108 valence electrons. The predicted octanol–water partition coefficient (Wildman–Crippen LogP) is 3.50. The number of aliphatic hydroxyl groups is 1. The first kappa shape index (κ1) is 16.2. The van der Waals surface area contributed by atoms with E-state index in [2.05, 4.69) is 52.1 Å². The van der Waals surface area contributed by atoms with E-state index < -0.39 is 0 Å². The van der Waals surface area contributed by atoms with Crippen LogP contribution in [0.3, 0.4) is 0 Å². The number of hydrogen-bond donors (Lipinski definition) is 2. The summed E-state index contributed by atoms with van der Waals surface area (Å²) in [6.07, 6.45) is 2.03. The fourth-order valence-corrected chi connectivity index (χ4v) is 2.72. The molecule has 1 rings (SSSR count). The van der Waals surface area contributed by atoms with E-state index in [-0.39, 0.29) is 12.0 Å². The Balaban J connectivity index is 2.68. The summed E-state index contributed by atoms with van der Waals surface area (Å²) in [5.41, 5.74) is 5.46. The van der Waals surface area contributed by atoms with Crippen LogP contribution in [0, 0.1) is 26.2 Å². The molecule has 0 radical (unpaired) electrons. The average Bonchev–Trinajstić information content (AvgIpc) is 2.38. The molecule has 2 N–H and O–H groups in total. The molecule has 2 heteroatoms. The quantitative estimate of drug-likeness (QED) is 0.789. The summed E-state index contributed by atoms with van der Waals surface area (Å²) in [5.74, 6) is 0. The molecule has 0 aliphatic rings. The molecule has 2 nitrogen and oxygen atoms in total. The minimum atomic E-state index is 0.0342. The van der Waals surface area contributed by atoms with E-state index in [9.17, 15) is 5.11 Å². The zero-order valence-electron chi connectivity index (χ0n) is 13.1. The van der Waals surface area contributed by atoms with Crippen LogP contribution in [0.1, 0.15) is 48.9 Å². The Kier molecular flexibility index (Phi) is 6.02. The maximum Gasteiger partial charge on any atom is 0.0499 e. The van der Waals surface area contributed by atoms with Crippen molar-refractivity contribution in [3.8, 4) is 0 Å². The van der Waals surface area contributed by atoms with Crippen LogP contribution >= 0.6 is 0 Å². The first-order valence-electron chi connectivity index (χ1n) is 7.36. The standard InChI is InChI=1S/C17H29NO/c1-6-17(7-2,12-19)11-18-10-16-14(4)8-13(3)9-15(16)5/h8-9,18-19H,6-7,10-12H2,1-5H3. The van der Waals surface area contributed by atoms with Gasteiger partial charge in [0.25, 0.3) is 0 Å². The zero-order valence-corrected chi connectivity index (χ0v) is 13.1. The van der Waals surface area contributed by atoms with Gasteiger partial charge in [-0.3, -0.25) is 0 Å². The van der Waals surface area contributed by atoms with Crippen LogP contribution in [0.2, 0.25) is 0 Å². The summed E-state index contributed by atoms with van der Waals surface area (Å²) >= 11 is 0. The number of benzene rings is 1. The van der Waals surface area contributed by atoms with Crippen LogP contribution < -0.4 is 5.32 Å². The predicted molar refractivity (Wildman–Crippen MR) is 82.5 cm³/mol. The average molecular weight is 263 g/mol. The van der Waals surface area contributed by atoms with Crippen molar-refractivity contribution in [3.63, 3.8) is 0 Å². The molecule has 19 heavy (non-hydrogen) atoms. The van der Waals surface area contributed by atoms with Gasteiger partial charge in [0.05, 0.1) is 0 Å². The number of rotatable bonds is 7. The van der Waals surface area contributed by atoms with E-state index in [0.717, 1.165) is 25.9 Å². The van der Waals surface area contributed by atoms with Crippen molar-refractivity contribution in [2.45, 2.75) is 54.0 Å². The Bertz CT molecular complexity index is 376. The van der Waals surface area contributed by atoms with Crippen molar-refractivity contribution < 1.29 is 5.11 Å². The molecule has 1 aromatic carbocycles. The van der Waals surface area contributed by atoms with Gasteiger partial charge in [0, 0.05) is 25.1 Å². The molecule has 0 aliphatic heterocycles. The highest BCUT2D eigenvalue weighted by Gasteiger charge is 2.24. The molecule has 0 unspecified atom stereocenters. The summed E-state index contributed by atoms with van der Waals surface area (Å²) in [4.78, 5) is 0. The van der Waals surface area contributed by atoms with E-state index in [4.69, 9.17) is 0 Å². The maximum atomic E-state index is 9.58. The normalized spacial score (nSPS) is 11.9. The molecule has 0 spiro atoms. The van der Waals surface area contributed by atoms with Crippen molar-refractivity contribution in [2.24, 2.45) is 5.41 Å². The lowest BCUT2D eigenvalue weighted by atomic mass is 9.83. The van der Waals surface area contributed by atoms with Gasteiger partial charge in [-0.15, -0.1) is 0 Å². The third-order valence-electron chi connectivity index (χ3n) is 4.48. The van der Waals surface area contributed by atoms with Crippen molar-refractivity contribution in [3.05, 3.63) is 34.4 Å². The summed E-state index contributed by atoms with van der Waals surface area (Å²) in [6, 6.07) is 4.48. The van der Waals surface area contributed by atoms with Gasteiger partial charge in [0.2, 0.25) is 0 Å². The highest BCUT2D eigenvalue weighted by molar-refractivity contribution is 5.37. The molecule has 0 atom stereocenters. The monoisotopic (exact) mass is 263 g/mol. The number of aliphatic hydroxyl groups excluding tert-OH is 1. The molecule has 0 aliphatic carbocycles. The lowest BCUT2D eigenvalue weighted by Crippen LogP contribution is -2.36. The molecule has 0 aromatic heterocycles. The first-order chi connectivity index (χ1) is 8.98. The second kappa shape index (κ2) is 7.06. The van der Waals surface area contributed by atoms with Crippen LogP contribution in [0.5, 0.6) is 0 Å². The molecular formula is C17H29NO. The van der Waals surface area contributed by atoms with Gasteiger partial charge in [0.15, 0.2) is 0 Å². The van der Waals surface area contributed by atoms with Gasteiger partial charge in [-0.2, -0.15) is 0 Å². The lowest BCUT2D eigenvalue weighted by Gasteiger charge is -2.30. The molecule has 0 heterocycles. The third kappa shape index (κ3) is 4.05. The third-order valence-corrected chi connectivity index (χ3v) is 4.48. The minimum Gasteiger partial charge on any atom is -0.396 e. The van der Waals surface area contributed by atoms with E-state index in [1.54, 1.807) is 0 Å². The SMILES string of the molecule is CCC(CC)(CO)CNCc1c(C)cc(C)cc1C. The highest BCUT2D eigenvalue weighted by atomic mass is 16.3. The smallest absolute Gasteiger partial charge is 0.0499 e. The van der Waals surface area contributed by atoms with Crippen LogP contribution in [0.15, 0.2) is 12.1 Å². The van der Waals surface area contributed by atoms with Gasteiger partial charge >= 0.3 is 0 Å². The summed E-state index contributed by atoms with van der Waals surface area (Å²) in [6.45, 7) is 12.8. The van der Waals surface area contributed by atoms with Crippen LogP contribution in [0.4, 0.5) is 0 Å². The fraction of sp³-hybridized carbons (Fsp3) is 0.647. The zero-order chi connectivity index (χ0) is 14.5. The first-order valence-corrected chi connectivity index (χ1v) is 7.36. The van der Waals surface area contributed by atoms with Gasteiger partial charge in [-0.25, -0.2) is 0 Å². The Morgan fingerprint density at radius 3 is 2.00 bits per heavy atom. The molecular weight excluding hydrogens is 234 g/mol. The van der Waals surface area contributed by atoms with Gasteiger partial charge in [0.1, 0.15) is 0 Å².